The summed E-state index contributed by atoms with van der Waals surface area (Å²) in [6.45, 7) is 3.33. The third-order valence-corrected chi connectivity index (χ3v) is 4.26. The second-order valence-electron chi connectivity index (χ2n) is 4.91. The summed E-state index contributed by atoms with van der Waals surface area (Å²) in [6.07, 6.45) is 0.521. The van der Waals surface area contributed by atoms with Gasteiger partial charge >= 0.3 is 0 Å². The lowest BCUT2D eigenvalue weighted by Gasteiger charge is -2.11. The van der Waals surface area contributed by atoms with E-state index in [0.717, 1.165) is 6.07 Å². The summed E-state index contributed by atoms with van der Waals surface area (Å²) in [4.78, 5) is 5.39. The van der Waals surface area contributed by atoms with Crippen molar-refractivity contribution < 1.29 is 8.78 Å². The predicted octanol–water partition coefficient (Wildman–Crippen LogP) is 3.86. The number of benzene rings is 1. The smallest absolute Gasteiger partial charge is 0.191 e. The molecule has 3 nitrogen and oxygen atoms in total. The SMILES string of the molecule is CN=C(NCCc1cc(F)cc(F)c1)NCc1sccc1C.I. The molecule has 0 aliphatic heterocycles. The van der Waals surface area contributed by atoms with Crippen molar-refractivity contribution in [2.75, 3.05) is 13.6 Å². The third kappa shape index (κ3) is 6.42. The second-order valence-corrected chi connectivity index (χ2v) is 5.91. The lowest BCUT2D eigenvalue weighted by molar-refractivity contribution is 0.579. The van der Waals surface area contributed by atoms with Crippen molar-refractivity contribution >= 4 is 41.3 Å². The van der Waals surface area contributed by atoms with Gasteiger partial charge in [-0.25, -0.2) is 8.78 Å². The van der Waals surface area contributed by atoms with E-state index in [1.54, 1.807) is 18.4 Å². The van der Waals surface area contributed by atoms with Crippen LogP contribution in [0.25, 0.3) is 0 Å². The van der Waals surface area contributed by atoms with E-state index in [1.807, 2.05) is 0 Å². The minimum Gasteiger partial charge on any atom is -0.356 e. The standard InChI is InChI=1S/C16H19F2N3S.HI/c1-11-4-6-22-15(11)10-21-16(19-2)20-5-3-12-7-13(17)9-14(18)8-12;/h4,6-9H,3,5,10H2,1-2H3,(H2,19,20,21);1H. The Morgan fingerprint density at radius 2 is 1.87 bits per heavy atom. The van der Waals surface area contributed by atoms with Gasteiger partial charge in [-0.1, -0.05) is 0 Å². The van der Waals surface area contributed by atoms with Gasteiger partial charge in [0.1, 0.15) is 11.6 Å². The Morgan fingerprint density at radius 3 is 2.43 bits per heavy atom. The van der Waals surface area contributed by atoms with E-state index in [9.17, 15) is 8.78 Å². The monoisotopic (exact) mass is 451 g/mol. The highest BCUT2D eigenvalue weighted by Gasteiger charge is 2.03. The molecule has 0 unspecified atom stereocenters. The fourth-order valence-corrected chi connectivity index (χ4v) is 2.90. The first-order valence-electron chi connectivity index (χ1n) is 7.01. The van der Waals surface area contributed by atoms with Gasteiger partial charge in [-0.3, -0.25) is 4.99 Å². The molecule has 2 rings (SSSR count). The van der Waals surface area contributed by atoms with Crippen LogP contribution >= 0.6 is 35.3 Å². The van der Waals surface area contributed by atoms with Crippen LogP contribution < -0.4 is 10.6 Å². The fraction of sp³-hybridized carbons (Fsp3) is 0.312. The minimum absolute atomic E-state index is 0. The number of guanidine groups is 1. The van der Waals surface area contributed by atoms with Crippen LogP contribution in [0.5, 0.6) is 0 Å². The van der Waals surface area contributed by atoms with Crippen molar-refractivity contribution in [1.29, 1.82) is 0 Å². The van der Waals surface area contributed by atoms with Gasteiger partial charge in [-0.05, 0) is 48.1 Å². The molecule has 2 N–H and O–H groups in total. The molecule has 0 atom stereocenters. The van der Waals surface area contributed by atoms with Crippen molar-refractivity contribution in [3.63, 3.8) is 0 Å². The molecule has 1 heterocycles. The Balaban J connectivity index is 0.00000264. The molecule has 0 radical (unpaired) electrons. The second kappa shape index (κ2) is 9.82. The van der Waals surface area contributed by atoms with E-state index in [2.05, 4.69) is 34.0 Å². The number of nitrogens with zero attached hydrogens (tertiary/aromatic N) is 1. The number of rotatable bonds is 5. The molecule has 1 aromatic heterocycles. The molecule has 23 heavy (non-hydrogen) atoms. The number of nitrogens with one attached hydrogen (secondary N) is 2. The summed E-state index contributed by atoms with van der Waals surface area (Å²) in [5.74, 6) is -0.430. The first kappa shape index (κ1) is 19.8. The maximum atomic E-state index is 13.1. The lowest BCUT2D eigenvalue weighted by atomic mass is 10.1. The van der Waals surface area contributed by atoms with Gasteiger partial charge in [0, 0.05) is 24.5 Å². The van der Waals surface area contributed by atoms with Gasteiger partial charge in [-0.15, -0.1) is 35.3 Å². The average Bonchev–Trinajstić information content (AvgIpc) is 2.87. The summed E-state index contributed by atoms with van der Waals surface area (Å²) >= 11 is 1.70. The van der Waals surface area contributed by atoms with Crippen molar-refractivity contribution in [1.82, 2.24) is 10.6 Å². The van der Waals surface area contributed by atoms with E-state index < -0.39 is 11.6 Å². The first-order chi connectivity index (χ1) is 10.6. The summed E-state index contributed by atoms with van der Waals surface area (Å²) in [5, 5.41) is 8.42. The third-order valence-electron chi connectivity index (χ3n) is 3.24. The zero-order chi connectivity index (χ0) is 15.9. The number of hydrogen-bond donors (Lipinski definition) is 2. The van der Waals surface area contributed by atoms with E-state index in [1.165, 1.54) is 22.6 Å². The molecule has 0 saturated heterocycles. The number of aliphatic imine (C=N–C) groups is 1. The fourth-order valence-electron chi connectivity index (χ4n) is 2.05. The number of halogens is 3. The van der Waals surface area contributed by atoms with E-state index >= 15 is 0 Å². The summed E-state index contributed by atoms with van der Waals surface area (Å²) in [7, 11) is 1.69. The van der Waals surface area contributed by atoms with Gasteiger partial charge in [0.2, 0.25) is 0 Å². The van der Waals surface area contributed by atoms with E-state index in [0.29, 0.717) is 31.0 Å². The Hall–Kier alpha value is -1.22. The van der Waals surface area contributed by atoms with Crippen LogP contribution in [0.2, 0.25) is 0 Å². The van der Waals surface area contributed by atoms with Gasteiger partial charge in [0.05, 0.1) is 6.54 Å². The summed E-state index contributed by atoms with van der Waals surface area (Å²) in [6, 6.07) is 5.64. The van der Waals surface area contributed by atoms with Crippen LogP contribution in [0.3, 0.4) is 0 Å². The molecule has 126 valence electrons. The van der Waals surface area contributed by atoms with E-state index in [-0.39, 0.29) is 24.0 Å². The molecule has 0 aliphatic carbocycles. The molecule has 2 aromatic rings. The molecule has 7 heteroatoms. The zero-order valence-corrected chi connectivity index (χ0v) is 16.2. The van der Waals surface area contributed by atoms with Crippen molar-refractivity contribution in [3.05, 3.63) is 57.3 Å². The van der Waals surface area contributed by atoms with Gasteiger partial charge in [0.15, 0.2) is 5.96 Å². The number of aryl methyl sites for hydroxylation is 1. The molecular formula is C16H20F2IN3S. The first-order valence-corrected chi connectivity index (χ1v) is 7.89. The highest BCUT2D eigenvalue weighted by molar-refractivity contribution is 14.0. The topological polar surface area (TPSA) is 36.4 Å². The van der Waals surface area contributed by atoms with Gasteiger partial charge in [0.25, 0.3) is 0 Å². The maximum absolute atomic E-state index is 13.1. The highest BCUT2D eigenvalue weighted by atomic mass is 127. The lowest BCUT2D eigenvalue weighted by Crippen LogP contribution is -2.37. The quantitative estimate of drug-likeness (QED) is 0.412. The van der Waals surface area contributed by atoms with E-state index in [4.69, 9.17) is 0 Å². The average molecular weight is 451 g/mol. The van der Waals surface area contributed by atoms with Crippen molar-refractivity contribution in [2.45, 2.75) is 19.9 Å². The Labute approximate surface area is 156 Å². The molecule has 0 spiro atoms. The van der Waals surface area contributed by atoms with Crippen LogP contribution in [0.15, 0.2) is 34.6 Å². The summed E-state index contributed by atoms with van der Waals surface area (Å²) in [5.41, 5.74) is 1.87. The zero-order valence-electron chi connectivity index (χ0n) is 13.0. The van der Waals surface area contributed by atoms with Crippen LogP contribution in [0, 0.1) is 18.6 Å². The predicted molar refractivity (Wildman–Crippen MR) is 103 cm³/mol. The van der Waals surface area contributed by atoms with Crippen molar-refractivity contribution in [2.24, 2.45) is 4.99 Å². The van der Waals surface area contributed by atoms with Crippen LogP contribution in [0.4, 0.5) is 8.78 Å². The van der Waals surface area contributed by atoms with Crippen LogP contribution in [-0.4, -0.2) is 19.6 Å². The number of hydrogen-bond acceptors (Lipinski definition) is 2. The molecule has 0 aliphatic rings. The van der Waals surface area contributed by atoms with Crippen molar-refractivity contribution in [3.8, 4) is 0 Å². The highest BCUT2D eigenvalue weighted by Crippen LogP contribution is 2.14. The Kier molecular flexibility index (Phi) is 8.46. The molecule has 0 amide bonds. The normalized spacial score (nSPS) is 11.0. The maximum Gasteiger partial charge on any atom is 0.191 e. The minimum atomic E-state index is -0.550. The Bertz CT molecular complexity index is 638. The largest absolute Gasteiger partial charge is 0.356 e. The molecule has 0 saturated carbocycles. The number of thiophene rings is 1. The molecular weight excluding hydrogens is 431 g/mol. The molecule has 0 fully saturated rings. The van der Waals surface area contributed by atoms with Crippen LogP contribution in [0.1, 0.15) is 16.0 Å². The molecule has 0 bridgehead atoms. The Morgan fingerprint density at radius 1 is 1.17 bits per heavy atom. The summed E-state index contributed by atoms with van der Waals surface area (Å²) < 4.78 is 26.2. The van der Waals surface area contributed by atoms with Crippen LogP contribution in [-0.2, 0) is 13.0 Å². The molecule has 1 aromatic carbocycles. The van der Waals surface area contributed by atoms with Gasteiger partial charge < -0.3 is 10.6 Å². The van der Waals surface area contributed by atoms with Gasteiger partial charge in [-0.2, -0.15) is 0 Å².